The summed E-state index contributed by atoms with van der Waals surface area (Å²) in [6, 6.07) is 3.84. The number of nitrogens with two attached hydrogens (primary N) is 1. The summed E-state index contributed by atoms with van der Waals surface area (Å²) < 4.78 is 40.1. The van der Waals surface area contributed by atoms with Gasteiger partial charge in [0.2, 0.25) is 10.0 Å². The van der Waals surface area contributed by atoms with Crippen LogP contribution in [0.4, 0.5) is 4.39 Å². The van der Waals surface area contributed by atoms with Gasteiger partial charge in [0.1, 0.15) is 4.90 Å². The van der Waals surface area contributed by atoms with Gasteiger partial charge in [-0.15, -0.1) is 12.4 Å². The fourth-order valence-corrected chi connectivity index (χ4v) is 2.98. The molecule has 0 spiro atoms. The lowest BCUT2D eigenvalue weighted by molar-refractivity contribution is 0.391. The summed E-state index contributed by atoms with van der Waals surface area (Å²) in [5, 5.41) is -0.229. The van der Waals surface area contributed by atoms with Gasteiger partial charge in [-0.3, -0.25) is 0 Å². The predicted molar refractivity (Wildman–Crippen MR) is 81.3 cm³/mol. The fourth-order valence-electron chi connectivity index (χ4n) is 1.51. The van der Waals surface area contributed by atoms with E-state index in [-0.39, 0.29) is 24.0 Å². The van der Waals surface area contributed by atoms with Crippen LogP contribution in [0.25, 0.3) is 0 Å². The van der Waals surface area contributed by atoms with Gasteiger partial charge in [0, 0.05) is 12.1 Å². The van der Waals surface area contributed by atoms with Crippen LogP contribution in [0.15, 0.2) is 23.1 Å². The molecule has 0 atom stereocenters. The number of benzene rings is 1. The molecule has 0 aliphatic rings. The molecule has 8 heteroatoms. The maximum absolute atomic E-state index is 13.7. The van der Waals surface area contributed by atoms with Crippen LogP contribution in [-0.4, -0.2) is 20.5 Å². The van der Waals surface area contributed by atoms with E-state index in [9.17, 15) is 12.8 Å². The monoisotopic (exact) mass is 344 g/mol. The Morgan fingerprint density at radius 1 is 1.35 bits per heavy atom. The summed E-state index contributed by atoms with van der Waals surface area (Å²) in [6.45, 7) is 3.80. The van der Waals surface area contributed by atoms with Gasteiger partial charge in [0.15, 0.2) is 5.82 Å². The summed E-state index contributed by atoms with van der Waals surface area (Å²) >= 11 is 5.57. The van der Waals surface area contributed by atoms with Crippen LogP contribution >= 0.6 is 24.0 Å². The first-order valence-corrected chi connectivity index (χ1v) is 7.84. The second-order valence-corrected chi connectivity index (χ2v) is 6.59. The minimum atomic E-state index is -3.96. The standard InChI is InChI=1S/C12H18ClFN2O2S.ClH/c1-3-12(15,4-2)8-16-19(17,18)10-7-5-6-9(13)11(10)14;/h5-7,16H,3-4,8,15H2,1-2H3;1H. The summed E-state index contributed by atoms with van der Waals surface area (Å²) in [6.07, 6.45) is 1.23. The van der Waals surface area contributed by atoms with E-state index in [2.05, 4.69) is 4.72 Å². The Labute approximate surface area is 130 Å². The van der Waals surface area contributed by atoms with Gasteiger partial charge < -0.3 is 5.73 Å². The Morgan fingerprint density at radius 3 is 2.40 bits per heavy atom. The molecule has 0 aliphatic carbocycles. The van der Waals surface area contributed by atoms with Gasteiger partial charge in [0.25, 0.3) is 0 Å². The van der Waals surface area contributed by atoms with Gasteiger partial charge in [-0.2, -0.15) is 0 Å². The van der Waals surface area contributed by atoms with Crippen molar-refractivity contribution in [2.24, 2.45) is 5.73 Å². The number of hydrogen-bond donors (Lipinski definition) is 2. The second-order valence-electron chi connectivity index (χ2n) is 4.45. The lowest BCUT2D eigenvalue weighted by Crippen LogP contribution is -2.49. The minimum Gasteiger partial charge on any atom is -0.324 e. The number of hydrogen-bond acceptors (Lipinski definition) is 3. The third kappa shape index (κ3) is 4.56. The molecule has 0 fully saturated rings. The first kappa shape index (κ1) is 19.6. The van der Waals surface area contributed by atoms with Gasteiger partial charge in [-0.1, -0.05) is 31.5 Å². The highest BCUT2D eigenvalue weighted by molar-refractivity contribution is 7.89. The van der Waals surface area contributed by atoms with Gasteiger partial charge >= 0.3 is 0 Å². The van der Waals surface area contributed by atoms with Crippen molar-refractivity contribution in [3.63, 3.8) is 0 Å². The molecule has 0 aliphatic heterocycles. The highest BCUT2D eigenvalue weighted by Crippen LogP contribution is 2.22. The Bertz CT molecular complexity index is 548. The average Bonchev–Trinajstić information content (AvgIpc) is 2.39. The van der Waals surface area contributed by atoms with Gasteiger partial charge in [-0.25, -0.2) is 17.5 Å². The van der Waals surface area contributed by atoms with E-state index in [0.717, 1.165) is 0 Å². The highest BCUT2D eigenvalue weighted by Gasteiger charge is 2.26. The summed E-state index contributed by atoms with van der Waals surface area (Å²) in [4.78, 5) is -0.463. The van der Waals surface area contributed by atoms with Crippen molar-refractivity contribution < 1.29 is 12.8 Å². The number of sulfonamides is 1. The SMILES string of the molecule is CCC(N)(CC)CNS(=O)(=O)c1cccc(Cl)c1F.Cl. The van der Waals surface area contributed by atoms with Crippen molar-refractivity contribution in [3.05, 3.63) is 29.0 Å². The zero-order chi connectivity index (χ0) is 14.7. The summed E-state index contributed by atoms with van der Waals surface area (Å²) in [7, 11) is -3.96. The van der Waals surface area contributed by atoms with Crippen molar-refractivity contribution in [2.45, 2.75) is 37.1 Å². The molecule has 3 N–H and O–H groups in total. The number of rotatable bonds is 6. The molecule has 116 valence electrons. The molecular formula is C12H19Cl2FN2O2S. The van der Waals surface area contributed by atoms with Gasteiger partial charge in [-0.05, 0) is 25.0 Å². The quantitative estimate of drug-likeness (QED) is 0.833. The minimum absolute atomic E-state index is 0. The normalized spacial score (nSPS) is 12.1. The van der Waals surface area contributed by atoms with Crippen LogP contribution in [0.5, 0.6) is 0 Å². The topological polar surface area (TPSA) is 72.2 Å². The first-order chi connectivity index (χ1) is 8.75. The van der Waals surface area contributed by atoms with Crippen LogP contribution in [0.3, 0.4) is 0 Å². The van der Waals surface area contributed by atoms with E-state index in [4.69, 9.17) is 17.3 Å². The lowest BCUT2D eigenvalue weighted by Gasteiger charge is -2.26. The Balaban J connectivity index is 0.00000361. The average molecular weight is 345 g/mol. The summed E-state index contributed by atoms with van der Waals surface area (Å²) in [5.74, 6) is -0.952. The Hall–Kier alpha value is -0.400. The molecule has 1 rings (SSSR count). The smallest absolute Gasteiger partial charge is 0.243 e. The van der Waals surface area contributed by atoms with E-state index in [0.29, 0.717) is 12.8 Å². The zero-order valence-corrected chi connectivity index (χ0v) is 13.7. The van der Waals surface area contributed by atoms with E-state index in [1.54, 1.807) is 0 Å². The van der Waals surface area contributed by atoms with Crippen LogP contribution in [0.1, 0.15) is 26.7 Å². The molecule has 0 bridgehead atoms. The molecule has 0 saturated carbocycles. The molecule has 20 heavy (non-hydrogen) atoms. The third-order valence-electron chi connectivity index (χ3n) is 3.23. The molecule has 0 heterocycles. The molecule has 4 nitrogen and oxygen atoms in total. The summed E-state index contributed by atoms with van der Waals surface area (Å²) in [5.41, 5.74) is 5.37. The van der Waals surface area contributed by atoms with E-state index >= 15 is 0 Å². The molecule has 0 unspecified atom stereocenters. The highest BCUT2D eigenvalue weighted by atomic mass is 35.5. The predicted octanol–water partition coefficient (Wildman–Crippen LogP) is 2.70. The molecule has 0 amide bonds. The van der Waals surface area contributed by atoms with Crippen molar-refractivity contribution in [1.82, 2.24) is 4.72 Å². The second kappa shape index (κ2) is 7.56. The third-order valence-corrected chi connectivity index (χ3v) is 4.94. The van der Waals surface area contributed by atoms with E-state index < -0.39 is 26.3 Å². The fraction of sp³-hybridized carbons (Fsp3) is 0.500. The van der Waals surface area contributed by atoms with Crippen molar-refractivity contribution in [1.29, 1.82) is 0 Å². The van der Waals surface area contributed by atoms with Gasteiger partial charge in [0.05, 0.1) is 5.02 Å². The zero-order valence-electron chi connectivity index (χ0n) is 11.3. The molecule has 1 aromatic carbocycles. The maximum atomic E-state index is 13.7. The van der Waals surface area contributed by atoms with E-state index in [1.807, 2.05) is 13.8 Å². The largest absolute Gasteiger partial charge is 0.324 e. The van der Waals surface area contributed by atoms with Crippen LogP contribution in [-0.2, 0) is 10.0 Å². The number of halogens is 3. The van der Waals surface area contributed by atoms with Crippen LogP contribution < -0.4 is 10.5 Å². The van der Waals surface area contributed by atoms with Crippen molar-refractivity contribution in [3.8, 4) is 0 Å². The molecule has 1 aromatic rings. The van der Waals surface area contributed by atoms with Crippen molar-refractivity contribution in [2.75, 3.05) is 6.54 Å². The lowest BCUT2D eigenvalue weighted by atomic mass is 9.95. The molecule has 0 aromatic heterocycles. The van der Waals surface area contributed by atoms with Crippen molar-refractivity contribution >= 4 is 34.0 Å². The maximum Gasteiger partial charge on any atom is 0.243 e. The van der Waals surface area contributed by atoms with Crippen LogP contribution in [0, 0.1) is 5.82 Å². The number of nitrogens with one attached hydrogen (secondary N) is 1. The van der Waals surface area contributed by atoms with E-state index in [1.165, 1.54) is 18.2 Å². The first-order valence-electron chi connectivity index (χ1n) is 5.98. The molecule has 0 radical (unpaired) electrons. The van der Waals surface area contributed by atoms with Crippen LogP contribution in [0.2, 0.25) is 5.02 Å². The molecule has 0 saturated heterocycles. The Morgan fingerprint density at radius 2 is 1.90 bits per heavy atom. The Kier molecular flexibility index (Phi) is 7.41. The molecular weight excluding hydrogens is 326 g/mol.